The number of nitrogens with zero attached hydrogens (tertiary/aromatic N) is 2. The molecule has 16 heavy (non-hydrogen) atoms. The van der Waals surface area contributed by atoms with Gasteiger partial charge in [-0.25, -0.2) is 0 Å². The Bertz CT molecular complexity index is 494. The Labute approximate surface area is 95.7 Å². The summed E-state index contributed by atoms with van der Waals surface area (Å²) in [6, 6.07) is 8.31. The summed E-state index contributed by atoms with van der Waals surface area (Å²) in [4.78, 5) is 2.14. The monoisotopic (exact) mass is 238 g/mol. The van der Waals surface area contributed by atoms with Crippen LogP contribution in [0.4, 0.5) is 0 Å². The van der Waals surface area contributed by atoms with E-state index in [2.05, 4.69) is 4.40 Å². The average molecular weight is 238 g/mol. The molecule has 0 aliphatic carbocycles. The van der Waals surface area contributed by atoms with Crippen LogP contribution in [0.1, 0.15) is 12.8 Å². The largest absolute Gasteiger partial charge is 0.362 e. The van der Waals surface area contributed by atoms with Gasteiger partial charge in [0, 0.05) is 20.0 Å². The Kier molecular flexibility index (Phi) is 2.96. The number of benzene rings is 1. The van der Waals surface area contributed by atoms with Crippen molar-refractivity contribution in [1.82, 2.24) is 4.90 Å². The zero-order valence-corrected chi connectivity index (χ0v) is 9.94. The van der Waals surface area contributed by atoms with E-state index in [1.54, 1.807) is 30.3 Å². The number of likely N-dealkylation sites (tertiary alicyclic amines) is 1. The van der Waals surface area contributed by atoms with Crippen molar-refractivity contribution in [2.75, 3.05) is 13.6 Å². The van der Waals surface area contributed by atoms with Gasteiger partial charge in [-0.3, -0.25) is 0 Å². The van der Waals surface area contributed by atoms with E-state index in [0.717, 1.165) is 19.4 Å². The van der Waals surface area contributed by atoms with E-state index < -0.39 is 10.0 Å². The van der Waals surface area contributed by atoms with Gasteiger partial charge >= 0.3 is 0 Å². The molecule has 0 radical (unpaired) electrons. The van der Waals surface area contributed by atoms with E-state index in [-0.39, 0.29) is 4.90 Å². The Hall–Kier alpha value is -1.36. The smallest absolute Gasteiger partial charge is 0.283 e. The van der Waals surface area contributed by atoms with Crippen LogP contribution in [0.15, 0.2) is 39.6 Å². The van der Waals surface area contributed by atoms with Crippen LogP contribution in [-0.4, -0.2) is 32.7 Å². The van der Waals surface area contributed by atoms with Crippen LogP contribution in [0.25, 0.3) is 0 Å². The Morgan fingerprint density at radius 3 is 2.50 bits per heavy atom. The van der Waals surface area contributed by atoms with Gasteiger partial charge in [-0.1, -0.05) is 18.2 Å². The van der Waals surface area contributed by atoms with Crippen molar-refractivity contribution in [3.05, 3.63) is 30.3 Å². The van der Waals surface area contributed by atoms with E-state index >= 15 is 0 Å². The molecule has 0 N–H and O–H groups in total. The summed E-state index contributed by atoms with van der Waals surface area (Å²) in [5.74, 6) is 0.656. The van der Waals surface area contributed by atoms with Crippen molar-refractivity contribution in [2.45, 2.75) is 17.7 Å². The Morgan fingerprint density at radius 1 is 1.25 bits per heavy atom. The van der Waals surface area contributed by atoms with Crippen molar-refractivity contribution >= 4 is 15.9 Å². The summed E-state index contributed by atoms with van der Waals surface area (Å²) in [7, 11) is -1.66. The average Bonchev–Trinajstić information content (AvgIpc) is 2.65. The molecule has 1 fully saturated rings. The number of hydrogen-bond donors (Lipinski definition) is 0. The molecule has 5 heteroatoms. The number of hydrogen-bond acceptors (Lipinski definition) is 2. The van der Waals surface area contributed by atoms with E-state index in [1.165, 1.54) is 0 Å². The second-order valence-corrected chi connectivity index (χ2v) is 5.42. The highest BCUT2D eigenvalue weighted by molar-refractivity contribution is 7.90. The predicted molar refractivity (Wildman–Crippen MR) is 62.9 cm³/mol. The predicted octanol–water partition coefficient (Wildman–Crippen LogP) is 1.50. The summed E-state index contributed by atoms with van der Waals surface area (Å²) in [5.41, 5.74) is 0. The SMILES string of the molecule is CN1CCCC1=NS(=O)(=O)c1ccccc1. The third-order valence-corrected chi connectivity index (χ3v) is 3.92. The Balaban J connectivity index is 2.34. The summed E-state index contributed by atoms with van der Waals surface area (Å²) in [6.45, 7) is 0.878. The summed E-state index contributed by atoms with van der Waals surface area (Å²) in [6.07, 6.45) is 1.71. The third kappa shape index (κ3) is 2.24. The summed E-state index contributed by atoms with van der Waals surface area (Å²) >= 11 is 0. The molecule has 1 heterocycles. The second-order valence-electron chi connectivity index (χ2n) is 3.82. The highest BCUT2D eigenvalue weighted by Crippen LogP contribution is 2.16. The molecular weight excluding hydrogens is 224 g/mol. The number of rotatable bonds is 2. The highest BCUT2D eigenvalue weighted by atomic mass is 32.2. The van der Waals surface area contributed by atoms with Crippen LogP contribution in [0.5, 0.6) is 0 Å². The normalized spacial score (nSPS) is 19.3. The van der Waals surface area contributed by atoms with Crippen molar-refractivity contribution < 1.29 is 8.42 Å². The topological polar surface area (TPSA) is 49.7 Å². The van der Waals surface area contributed by atoms with Crippen LogP contribution in [0.2, 0.25) is 0 Å². The van der Waals surface area contributed by atoms with Gasteiger partial charge in [-0.2, -0.15) is 8.42 Å². The molecule has 1 aromatic carbocycles. The van der Waals surface area contributed by atoms with E-state index in [1.807, 2.05) is 11.9 Å². The van der Waals surface area contributed by atoms with Crippen LogP contribution >= 0.6 is 0 Å². The van der Waals surface area contributed by atoms with Crippen LogP contribution in [0, 0.1) is 0 Å². The maximum atomic E-state index is 11.9. The van der Waals surface area contributed by atoms with Crippen LogP contribution in [-0.2, 0) is 10.0 Å². The fraction of sp³-hybridized carbons (Fsp3) is 0.364. The standard InChI is InChI=1S/C11H14N2O2S/c1-13-9-5-8-11(13)12-16(14,15)10-6-3-2-4-7-10/h2-4,6-7H,5,8-9H2,1H3. The molecule has 0 saturated carbocycles. The minimum absolute atomic E-state index is 0.253. The lowest BCUT2D eigenvalue weighted by Gasteiger charge is -2.10. The molecule has 0 atom stereocenters. The van der Waals surface area contributed by atoms with Gasteiger partial charge in [0.05, 0.1) is 4.90 Å². The number of amidine groups is 1. The molecule has 4 nitrogen and oxygen atoms in total. The number of sulfonamides is 1. The minimum Gasteiger partial charge on any atom is -0.362 e. The van der Waals surface area contributed by atoms with E-state index in [9.17, 15) is 8.42 Å². The van der Waals surface area contributed by atoms with Gasteiger partial charge in [0.1, 0.15) is 5.84 Å². The molecule has 0 spiro atoms. The lowest BCUT2D eigenvalue weighted by Crippen LogP contribution is -2.20. The molecule has 1 aromatic rings. The lowest BCUT2D eigenvalue weighted by atomic mass is 10.4. The van der Waals surface area contributed by atoms with Gasteiger partial charge in [-0.05, 0) is 18.6 Å². The zero-order chi connectivity index (χ0) is 11.6. The van der Waals surface area contributed by atoms with Gasteiger partial charge in [-0.15, -0.1) is 4.40 Å². The lowest BCUT2D eigenvalue weighted by molar-refractivity contribution is 0.548. The maximum absolute atomic E-state index is 11.9. The molecule has 86 valence electrons. The summed E-state index contributed by atoms with van der Waals surface area (Å²) < 4.78 is 27.7. The fourth-order valence-corrected chi connectivity index (χ4v) is 2.81. The molecule has 1 aliphatic rings. The van der Waals surface area contributed by atoms with E-state index in [4.69, 9.17) is 0 Å². The molecule has 2 rings (SSSR count). The first-order valence-electron chi connectivity index (χ1n) is 5.19. The zero-order valence-electron chi connectivity index (χ0n) is 9.13. The van der Waals surface area contributed by atoms with Gasteiger partial charge in [0.2, 0.25) is 0 Å². The third-order valence-electron chi connectivity index (χ3n) is 2.60. The molecule has 0 bridgehead atoms. The first-order chi connectivity index (χ1) is 7.59. The van der Waals surface area contributed by atoms with Crippen molar-refractivity contribution in [2.24, 2.45) is 4.40 Å². The minimum atomic E-state index is -3.53. The van der Waals surface area contributed by atoms with Crippen LogP contribution in [0.3, 0.4) is 0 Å². The van der Waals surface area contributed by atoms with Gasteiger partial charge in [0.25, 0.3) is 10.0 Å². The highest BCUT2D eigenvalue weighted by Gasteiger charge is 2.19. The molecular formula is C11H14N2O2S. The summed E-state index contributed by atoms with van der Waals surface area (Å²) in [5, 5.41) is 0. The molecule has 0 aromatic heterocycles. The second kappa shape index (κ2) is 4.25. The van der Waals surface area contributed by atoms with Gasteiger partial charge < -0.3 is 4.90 Å². The first kappa shape index (κ1) is 11.1. The molecule has 0 unspecified atom stereocenters. The molecule has 0 amide bonds. The van der Waals surface area contributed by atoms with Gasteiger partial charge in [0.15, 0.2) is 0 Å². The quantitative estimate of drug-likeness (QED) is 0.784. The first-order valence-corrected chi connectivity index (χ1v) is 6.63. The Morgan fingerprint density at radius 2 is 1.94 bits per heavy atom. The van der Waals surface area contributed by atoms with Crippen molar-refractivity contribution in [3.8, 4) is 0 Å². The fourth-order valence-electron chi connectivity index (χ4n) is 1.69. The maximum Gasteiger partial charge on any atom is 0.283 e. The van der Waals surface area contributed by atoms with E-state index in [0.29, 0.717) is 5.84 Å². The van der Waals surface area contributed by atoms with Crippen LogP contribution < -0.4 is 0 Å². The van der Waals surface area contributed by atoms with Crippen molar-refractivity contribution in [1.29, 1.82) is 0 Å². The molecule has 1 saturated heterocycles. The molecule has 1 aliphatic heterocycles. The van der Waals surface area contributed by atoms with Crippen molar-refractivity contribution in [3.63, 3.8) is 0 Å².